The summed E-state index contributed by atoms with van der Waals surface area (Å²) in [5.74, 6) is 2.41. The molecule has 1 aromatic carbocycles. The highest BCUT2D eigenvalue weighted by molar-refractivity contribution is 5.57. The van der Waals surface area contributed by atoms with Gasteiger partial charge < -0.3 is 14.5 Å². The zero-order valence-corrected chi connectivity index (χ0v) is 12.5. The van der Waals surface area contributed by atoms with Gasteiger partial charge in [0.05, 0.1) is 19.9 Å². The summed E-state index contributed by atoms with van der Waals surface area (Å²) in [4.78, 5) is 6.79. The minimum absolute atomic E-state index is 0.509. The Kier molecular flexibility index (Phi) is 4.22. The molecule has 0 spiro atoms. The van der Waals surface area contributed by atoms with Gasteiger partial charge >= 0.3 is 0 Å². The molecule has 1 aromatic heterocycles. The van der Waals surface area contributed by atoms with Crippen LogP contribution in [0, 0.1) is 0 Å². The first-order valence-corrected chi connectivity index (χ1v) is 7.30. The summed E-state index contributed by atoms with van der Waals surface area (Å²) in [7, 11) is 1.66. The molecule has 1 fully saturated rings. The quantitative estimate of drug-likeness (QED) is 0.933. The van der Waals surface area contributed by atoms with E-state index in [-0.39, 0.29) is 0 Å². The van der Waals surface area contributed by atoms with Gasteiger partial charge in [-0.05, 0) is 31.2 Å². The molecule has 0 saturated carbocycles. The predicted octanol–water partition coefficient (Wildman–Crippen LogP) is 2.14. The number of benzene rings is 1. The first-order chi connectivity index (χ1) is 10.3. The Balaban J connectivity index is 1.70. The van der Waals surface area contributed by atoms with Crippen LogP contribution >= 0.6 is 0 Å². The molecule has 1 aliphatic heterocycles. The largest absolute Gasteiger partial charge is 0.497 e. The SMILES string of the molecule is COc1ccc(-c2cnc(CN3CCNC[C@H]3C)o2)cc1. The molecule has 0 aliphatic carbocycles. The normalized spacial score (nSPS) is 19.6. The van der Waals surface area contributed by atoms with Crippen LogP contribution in [0.5, 0.6) is 5.75 Å². The molecule has 0 radical (unpaired) electrons. The summed E-state index contributed by atoms with van der Waals surface area (Å²) in [6.45, 7) is 6.06. The average Bonchev–Trinajstić information content (AvgIpc) is 2.98. The Morgan fingerprint density at radius 2 is 2.19 bits per heavy atom. The van der Waals surface area contributed by atoms with E-state index in [1.165, 1.54) is 0 Å². The molecule has 1 N–H and O–H groups in total. The van der Waals surface area contributed by atoms with Crippen molar-refractivity contribution in [2.45, 2.75) is 19.5 Å². The lowest BCUT2D eigenvalue weighted by Gasteiger charge is -2.32. The Morgan fingerprint density at radius 1 is 1.38 bits per heavy atom. The van der Waals surface area contributed by atoms with Crippen LogP contribution in [0.25, 0.3) is 11.3 Å². The fourth-order valence-corrected chi connectivity index (χ4v) is 2.56. The van der Waals surface area contributed by atoms with Crippen molar-refractivity contribution in [3.63, 3.8) is 0 Å². The number of nitrogens with zero attached hydrogens (tertiary/aromatic N) is 2. The number of aromatic nitrogens is 1. The topological polar surface area (TPSA) is 50.5 Å². The number of rotatable bonds is 4. The Labute approximate surface area is 124 Å². The van der Waals surface area contributed by atoms with E-state index in [1.807, 2.05) is 24.3 Å². The average molecular weight is 287 g/mol. The molecule has 3 rings (SSSR count). The van der Waals surface area contributed by atoms with Crippen LogP contribution in [-0.4, -0.2) is 42.7 Å². The van der Waals surface area contributed by atoms with Gasteiger partial charge in [0.15, 0.2) is 5.76 Å². The van der Waals surface area contributed by atoms with Gasteiger partial charge in [0.25, 0.3) is 0 Å². The summed E-state index contributed by atoms with van der Waals surface area (Å²) in [5, 5.41) is 3.39. The van der Waals surface area contributed by atoms with Gasteiger partial charge in [0, 0.05) is 31.2 Å². The van der Waals surface area contributed by atoms with E-state index in [1.54, 1.807) is 13.3 Å². The number of methoxy groups -OCH3 is 1. The highest BCUT2D eigenvalue weighted by Gasteiger charge is 2.20. The summed E-state index contributed by atoms with van der Waals surface area (Å²) >= 11 is 0. The second kappa shape index (κ2) is 6.28. The van der Waals surface area contributed by atoms with Crippen molar-refractivity contribution in [2.75, 3.05) is 26.7 Å². The maximum atomic E-state index is 5.88. The van der Waals surface area contributed by atoms with Gasteiger partial charge in [0.1, 0.15) is 5.75 Å². The highest BCUT2D eigenvalue weighted by Crippen LogP contribution is 2.23. The molecule has 1 aliphatic rings. The summed E-state index contributed by atoms with van der Waals surface area (Å²) in [6.07, 6.45) is 1.80. The van der Waals surface area contributed by atoms with E-state index < -0.39 is 0 Å². The van der Waals surface area contributed by atoms with Crippen molar-refractivity contribution >= 4 is 0 Å². The number of nitrogens with one attached hydrogen (secondary N) is 1. The lowest BCUT2D eigenvalue weighted by molar-refractivity contribution is 0.151. The van der Waals surface area contributed by atoms with Crippen molar-refractivity contribution in [1.29, 1.82) is 0 Å². The maximum Gasteiger partial charge on any atom is 0.209 e. The fourth-order valence-electron chi connectivity index (χ4n) is 2.56. The second-order valence-electron chi connectivity index (χ2n) is 5.37. The summed E-state index contributed by atoms with van der Waals surface area (Å²) in [5.41, 5.74) is 1.02. The molecule has 2 aromatic rings. The number of hydrogen-bond donors (Lipinski definition) is 1. The molecule has 0 amide bonds. The Morgan fingerprint density at radius 3 is 2.90 bits per heavy atom. The van der Waals surface area contributed by atoms with Gasteiger partial charge in [-0.2, -0.15) is 0 Å². The maximum absolute atomic E-state index is 5.88. The minimum Gasteiger partial charge on any atom is -0.497 e. The van der Waals surface area contributed by atoms with Crippen LogP contribution in [0.4, 0.5) is 0 Å². The third-order valence-electron chi connectivity index (χ3n) is 3.91. The number of oxazole rings is 1. The lowest BCUT2D eigenvalue weighted by Crippen LogP contribution is -2.49. The van der Waals surface area contributed by atoms with E-state index in [4.69, 9.17) is 9.15 Å². The molecule has 21 heavy (non-hydrogen) atoms. The van der Waals surface area contributed by atoms with Crippen LogP contribution in [0.3, 0.4) is 0 Å². The zero-order valence-electron chi connectivity index (χ0n) is 12.5. The minimum atomic E-state index is 0.509. The van der Waals surface area contributed by atoms with E-state index in [9.17, 15) is 0 Å². The van der Waals surface area contributed by atoms with Crippen molar-refractivity contribution in [1.82, 2.24) is 15.2 Å². The monoisotopic (exact) mass is 287 g/mol. The van der Waals surface area contributed by atoms with Gasteiger partial charge in [-0.1, -0.05) is 0 Å². The van der Waals surface area contributed by atoms with Crippen molar-refractivity contribution < 1.29 is 9.15 Å². The molecule has 5 heteroatoms. The Hall–Kier alpha value is -1.85. The van der Waals surface area contributed by atoms with E-state index in [0.717, 1.165) is 49.1 Å². The molecular formula is C16H21N3O2. The standard InChI is InChI=1S/C16H21N3O2/c1-12-9-17-7-8-19(12)11-16-18-10-15(21-16)13-3-5-14(20-2)6-4-13/h3-6,10,12,17H,7-9,11H2,1-2H3/t12-/m1/s1. The lowest BCUT2D eigenvalue weighted by atomic mass is 10.2. The first kappa shape index (κ1) is 14.1. The van der Waals surface area contributed by atoms with Crippen LogP contribution in [-0.2, 0) is 6.54 Å². The number of hydrogen-bond acceptors (Lipinski definition) is 5. The van der Waals surface area contributed by atoms with Crippen LogP contribution < -0.4 is 10.1 Å². The van der Waals surface area contributed by atoms with Crippen molar-refractivity contribution in [3.05, 3.63) is 36.4 Å². The first-order valence-electron chi connectivity index (χ1n) is 7.30. The Bertz CT molecular complexity index is 579. The fraction of sp³-hybridized carbons (Fsp3) is 0.438. The molecule has 1 atom stereocenters. The molecule has 5 nitrogen and oxygen atoms in total. The predicted molar refractivity (Wildman–Crippen MR) is 81.2 cm³/mol. The molecule has 0 unspecified atom stereocenters. The second-order valence-corrected chi connectivity index (χ2v) is 5.37. The zero-order chi connectivity index (χ0) is 14.7. The van der Waals surface area contributed by atoms with Gasteiger partial charge in [-0.3, -0.25) is 4.90 Å². The molecule has 1 saturated heterocycles. The van der Waals surface area contributed by atoms with Crippen LogP contribution in [0.1, 0.15) is 12.8 Å². The molecule has 0 bridgehead atoms. The highest BCUT2D eigenvalue weighted by atomic mass is 16.5. The van der Waals surface area contributed by atoms with Crippen LogP contribution in [0.15, 0.2) is 34.9 Å². The molecule has 2 heterocycles. The van der Waals surface area contributed by atoms with Gasteiger partial charge in [0.2, 0.25) is 5.89 Å². The van der Waals surface area contributed by atoms with E-state index >= 15 is 0 Å². The smallest absolute Gasteiger partial charge is 0.209 e. The summed E-state index contributed by atoms with van der Waals surface area (Å²) in [6, 6.07) is 8.33. The van der Waals surface area contributed by atoms with E-state index in [2.05, 4.69) is 22.1 Å². The third-order valence-corrected chi connectivity index (χ3v) is 3.91. The van der Waals surface area contributed by atoms with Crippen molar-refractivity contribution in [2.24, 2.45) is 0 Å². The van der Waals surface area contributed by atoms with E-state index in [0.29, 0.717) is 6.04 Å². The van der Waals surface area contributed by atoms with Crippen molar-refractivity contribution in [3.8, 4) is 17.1 Å². The molecule has 112 valence electrons. The van der Waals surface area contributed by atoms with Gasteiger partial charge in [-0.15, -0.1) is 0 Å². The number of ether oxygens (including phenoxy) is 1. The summed E-state index contributed by atoms with van der Waals surface area (Å²) < 4.78 is 11.0. The third kappa shape index (κ3) is 3.25. The molecular weight excluding hydrogens is 266 g/mol. The number of piperazine rings is 1. The van der Waals surface area contributed by atoms with Crippen LogP contribution in [0.2, 0.25) is 0 Å². The van der Waals surface area contributed by atoms with Gasteiger partial charge in [-0.25, -0.2) is 4.98 Å².